The van der Waals surface area contributed by atoms with Crippen LogP contribution in [0.2, 0.25) is 5.02 Å². The Balaban J connectivity index is 2.50. The monoisotopic (exact) mass is 359 g/mol. The number of aromatic nitrogens is 1. The highest BCUT2D eigenvalue weighted by Crippen LogP contribution is 2.34. The maximum atomic E-state index is 11.2. The van der Waals surface area contributed by atoms with Crippen LogP contribution in [-0.4, -0.2) is 16.1 Å². The Morgan fingerprint density at radius 3 is 2.84 bits per heavy atom. The van der Waals surface area contributed by atoms with Gasteiger partial charge in [0.2, 0.25) is 0 Å². The maximum Gasteiger partial charge on any atom is 0.347 e. The molecule has 1 N–H and O–H groups in total. The number of benzene rings is 1. The van der Waals surface area contributed by atoms with Crippen molar-refractivity contribution in [1.29, 1.82) is 0 Å². The quantitative estimate of drug-likeness (QED) is 0.845. The van der Waals surface area contributed by atoms with Crippen LogP contribution in [0.25, 0.3) is 10.6 Å². The molecule has 3 nitrogen and oxygen atoms in total. The van der Waals surface area contributed by atoms with E-state index in [0.717, 1.165) is 16.5 Å². The number of thiazole rings is 1. The summed E-state index contributed by atoms with van der Waals surface area (Å²) in [5.41, 5.74) is 1.40. The van der Waals surface area contributed by atoms with Gasteiger partial charge >= 0.3 is 5.97 Å². The van der Waals surface area contributed by atoms with Crippen molar-refractivity contribution in [3.63, 3.8) is 0 Å². The van der Waals surface area contributed by atoms with E-state index in [1.54, 1.807) is 6.07 Å². The van der Waals surface area contributed by atoms with Crippen LogP contribution in [-0.2, 0) is 6.42 Å². The molecule has 0 saturated carbocycles. The van der Waals surface area contributed by atoms with Gasteiger partial charge in [-0.25, -0.2) is 9.78 Å². The predicted octanol–water partition coefficient (Wildman–Crippen LogP) is 4.88. The average molecular weight is 361 g/mol. The number of rotatable bonds is 4. The van der Waals surface area contributed by atoms with E-state index in [0.29, 0.717) is 27.0 Å². The minimum Gasteiger partial charge on any atom is -0.477 e. The highest BCUT2D eigenvalue weighted by Gasteiger charge is 2.18. The van der Waals surface area contributed by atoms with Gasteiger partial charge in [-0.2, -0.15) is 0 Å². The summed E-state index contributed by atoms with van der Waals surface area (Å²) in [6, 6.07) is 5.48. The number of hydrogen-bond donors (Lipinski definition) is 1. The predicted molar refractivity (Wildman–Crippen MR) is 81.2 cm³/mol. The van der Waals surface area contributed by atoms with Crippen molar-refractivity contribution >= 4 is 44.8 Å². The molecule has 0 amide bonds. The van der Waals surface area contributed by atoms with E-state index in [4.69, 9.17) is 11.6 Å². The molecule has 0 aliphatic rings. The van der Waals surface area contributed by atoms with Crippen LogP contribution >= 0.6 is 38.9 Å². The lowest BCUT2D eigenvalue weighted by molar-refractivity contribution is 0.0700. The Labute approximate surface area is 128 Å². The van der Waals surface area contributed by atoms with Gasteiger partial charge in [0.1, 0.15) is 9.88 Å². The summed E-state index contributed by atoms with van der Waals surface area (Å²) in [6.07, 6.45) is 1.52. The molecular weight excluding hydrogens is 350 g/mol. The molecule has 0 fully saturated rings. The van der Waals surface area contributed by atoms with Crippen molar-refractivity contribution in [3.8, 4) is 10.6 Å². The van der Waals surface area contributed by atoms with Gasteiger partial charge in [-0.1, -0.05) is 40.9 Å². The van der Waals surface area contributed by atoms with Crippen molar-refractivity contribution in [3.05, 3.63) is 38.3 Å². The average Bonchev–Trinajstić information content (AvgIpc) is 2.73. The number of aromatic carboxylic acids is 1. The van der Waals surface area contributed by atoms with Gasteiger partial charge in [0, 0.05) is 10.0 Å². The Hall–Kier alpha value is -0.910. The molecule has 6 heteroatoms. The fourth-order valence-electron chi connectivity index (χ4n) is 1.70. The van der Waals surface area contributed by atoms with Crippen LogP contribution in [0.15, 0.2) is 22.7 Å². The first-order valence-corrected chi connectivity index (χ1v) is 7.70. The molecule has 2 rings (SSSR count). The zero-order chi connectivity index (χ0) is 14.0. The molecular formula is C13H11BrClNO2S. The first kappa shape index (κ1) is 14.5. The van der Waals surface area contributed by atoms with Crippen LogP contribution < -0.4 is 0 Å². The van der Waals surface area contributed by atoms with Gasteiger partial charge in [-0.05, 0) is 24.6 Å². The fourth-order valence-corrected chi connectivity index (χ4v) is 3.51. The standard InChI is InChI=1S/C13H11BrClNO2S/c1-2-3-10-11(13(17)18)19-12(16-10)8-5-4-7(14)6-9(8)15/h4-6H,2-3H2,1H3,(H,17,18). The van der Waals surface area contributed by atoms with Crippen molar-refractivity contribution in [2.45, 2.75) is 19.8 Å². The zero-order valence-corrected chi connectivity index (χ0v) is 13.3. The van der Waals surface area contributed by atoms with E-state index in [1.807, 2.05) is 19.1 Å². The lowest BCUT2D eigenvalue weighted by Gasteiger charge is -2.00. The second-order valence-corrected chi connectivity index (χ2v) is 6.30. The highest BCUT2D eigenvalue weighted by atomic mass is 79.9. The topological polar surface area (TPSA) is 50.2 Å². The second kappa shape index (κ2) is 6.03. The third-order valence-corrected chi connectivity index (χ3v) is 4.46. The summed E-state index contributed by atoms with van der Waals surface area (Å²) >= 11 is 10.7. The number of carbonyl (C=O) groups is 1. The molecule has 1 aromatic carbocycles. The SMILES string of the molecule is CCCc1nc(-c2ccc(Br)cc2Cl)sc1C(=O)O. The van der Waals surface area contributed by atoms with E-state index in [9.17, 15) is 9.90 Å². The van der Waals surface area contributed by atoms with E-state index >= 15 is 0 Å². The smallest absolute Gasteiger partial charge is 0.347 e. The molecule has 19 heavy (non-hydrogen) atoms. The molecule has 0 atom stereocenters. The molecule has 0 bridgehead atoms. The Bertz CT molecular complexity index is 627. The van der Waals surface area contributed by atoms with Gasteiger partial charge in [0.25, 0.3) is 0 Å². The third-order valence-electron chi connectivity index (χ3n) is 2.54. The molecule has 0 saturated heterocycles. The molecule has 1 aromatic heterocycles. The summed E-state index contributed by atoms with van der Waals surface area (Å²) in [4.78, 5) is 15.9. The first-order chi connectivity index (χ1) is 9.02. The van der Waals surface area contributed by atoms with E-state index in [1.165, 1.54) is 11.3 Å². The van der Waals surface area contributed by atoms with Crippen molar-refractivity contribution in [2.24, 2.45) is 0 Å². The van der Waals surface area contributed by atoms with Gasteiger partial charge in [0.05, 0.1) is 10.7 Å². The number of halogens is 2. The Kier molecular flexibility index (Phi) is 4.60. The van der Waals surface area contributed by atoms with E-state index < -0.39 is 5.97 Å². The van der Waals surface area contributed by atoms with Crippen LogP contribution in [0.4, 0.5) is 0 Å². The van der Waals surface area contributed by atoms with Crippen molar-refractivity contribution in [2.75, 3.05) is 0 Å². The molecule has 1 heterocycles. The Morgan fingerprint density at radius 2 is 2.26 bits per heavy atom. The normalized spacial score (nSPS) is 10.7. The summed E-state index contributed by atoms with van der Waals surface area (Å²) in [5.74, 6) is -0.930. The molecule has 0 unspecified atom stereocenters. The highest BCUT2D eigenvalue weighted by molar-refractivity contribution is 9.10. The number of hydrogen-bond acceptors (Lipinski definition) is 3. The van der Waals surface area contributed by atoms with Gasteiger partial charge in [0.15, 0.2) is 0 Å². The number of nitrogens with zero attached hydrogens (tertiary/aromatic N) is 1. The molecule has 0 radical (unpaired) electrons. The minimum atomic E-state index is -0.930. The van der Waals surface area contributed by atoms with Crippen LogP contribution in [0, 0.1) is 0 Å². The first-order valence-electron chi connectivity index (χ1n) is 5.71. The molecule has 0 aliphatic heterocycles. The number of aryl methyl sites for hydroxylation is 1. The lowest BCUT2D eigenvalue weighted by atomic mass is 10.2. The van der Waals surface area contributed by atoms with Crippen LogP contribution in [0.1, 0.15) is 28.7 Å². The molecule has 0 spiro atoms. The zero-order valence-electron chi connectivity index (χ0n) is 10.1. The summed E-state index contributed by atoms with van der Waals surface area (Å²) in [6.45, 7) is 2.00. The number of carboxylic acid groups (broad SMARTS) is 1. The van der Waals surface area contributed by atoms with Gasteiger partial charge in [-0.15, -0.1) is 11.3 Å². The lowest BCUT2D eigenvalue weighted by Crippen LogP contribution is -1.98. The summed E-state index contributed by atoms with van der Waals surface area (Å²) < 4.78 is 0.880. The summed E-state index contributed by atoms with van der Waals surface area (Å²) in [5, 5.41) is 10.4. The van der Waals surface area contributed by atoms with Crippen molar-refractivity contribution in [1.82, 2.24) is 4.98 Å². The third kappa shape index (κ3) is 3.16. The second-order valence-electron chi connectivity index (χ2n) is 3.97. The summed E-state index contributed by atoms with van der Waals surface area (Å²) in [7, 11) is 0. The number of carboxylic acids is 1. The van der Waals surface area contributed by atoms with Crippen molar-refractivity contribution < 1.29 is 9.90 Å². The van der Waals surface area contributed by atoms with Gasteiger partial charge < -0.3 is 5.11 Å². The van der Waals surface area contributed by atoms with Gasteiger partial charge in [-0.3, -0.25) is 0 Å². The van der Waals surface area contributed by atoms with E-state index in [2.05, 4.69) is 20.9 Å². The minimum absolute atomic E-state index is 0.302. The largest absolute Gasteiger partial charge is 0.477 e. The maximum absolute atomic E-state index is 11.2. The molecule has 0 aliphatic carbocycles. The fraction of sp³-hybridized carbons (Fsp3) is 0.231. The Morgan fingerprint density at radius 1 is 1.53 bits per heavy atom. The van der Waals surface area contributed by atoms with E-state index in [-0.39, 0.29) is 0 Å². The molecule has 100 valence electrons. The molecule has 2 aromatic rings. The van der Waals surface area contributed by atoms with Crippen LogP contribution in [0.5, 0.6) is 0 Å². The van der Waals surface area contributed by atoms with Crippen LogP contribution in [0.3, 0.4) is 0 Å².